The molecule has 29 heavy (non-hydrogen) atoms. The van der Waals surface area contributed by atoms with Crippen LogP contribution >= 0.6 is 15.2 Å². The zero-order valence-corrected chi connectivity index (χ0v) is 19.1. The molecule has 0 spiro atoms. The lowest BCUT2D eigenvalue weighted by Crippen LogP contribution is -2.32. The molecule has 0 unspecified atom stereocenters. The molecule has 0 bridgehead atoms. The van der Waals surface area contributed by atoms with E-state index in [9.17, 15) is 9.13 Å². The minimum Gasteiger partial charge on any atom is -0.395 e. The van der Waals surface area contributed by atoms with Gasteiger partial charge in [0.1, 0.15) is 12.6 Å². The number of nitrogens with zero attached hydrogens (tertiary/aromatic N) is 2. The largest absolute Gasteiger partial charge is 0.395 e. The topological polar surface area (TPSA) is 182 Å². The molecule has 0 aromatic carbocycles. The predicted molar refractivity (Wildman–Crippen MR) is 112 cm³/mol. The van der Waals surface area contributed by atoms with Crippen molar-refractivity contribution in [3.8, 4) is 0 Å². The summed E-state index contributed by atoms with van der Waals surface area (Å²) >= 11 is 0. The van der Waals surface area contributed by atoms with Crippen LogP contribution in [-0.2, 0) is 9.13 Å². The lowest BCUT2D eigenvalue weighted by molar-refractivity contribution is 0.136. The van der Waals surface area contributed by atoms with E-state index in [4.69, 9.17) is 34.9 Å². The molecule has 0 aromatic rings. The minimum atomic E-state index is -4.29. The van der Waals surface area contributed by atoms with Gasteiger partial charge in [-0.2, -0.15) is 0 Å². The molecule has 7 N–H and O–H groups in total. The smallest absolute Gasteiger partial charge is 0.339 e. The van der Waals surface area contributed by atoms with Crippen molar-refractivity contribution >= 4 is 15.2 Å². The Balaban J connectivity index is 0. The van der Waals surface area contributed by atoms with Crippen LogP contribution in [0.4, 0.5) is 0 Å². The molecule has 0 saturated heterocycles. The molecule has 0 amide bonds. The van der Waals surface area contributed by atoms with Crippen molar-refractivity contribution in [3.05, 3.63) is 0 Å². The summed E-state index contributed by atoms with van der Waals surface area (Å²) in [7, 11) is -8.58. The van der Waals surface area contributed by atoms with Gasteiger partial charge < -0.3 is 34.9 Å². The summed E-state index contributed by atoms with van der Waals surface area (Å²) in [6.45, 7) is 4.16. The summed E-state index contributed by atoms with van der Waals surface area (Å²) in [6, 6.07) is 0. The van der Waals surface area contributed by atoms with Crippen LogP contribution in [0.1, 0.15) is 45.4 Å². The molecule has 0 heterocycles. The van der Waals surface area contributed by atoms with Crippen molar-refractivity contribution < 1.29 is 44.0 Å². The van der Waals surface area contributed by atoms with Gasteiger partial charge in [0.25, 0.3) is 0 Å². The zero-order chi connectivity index (χ0) is 22.8. The summed E-state index contributed by atoms with van der Waals surface area (Å²) in [5, 5.41) is 25.5. The van der Waals surface area contributed by atoms with Crippen molar-refractivity contribution in [1.82, 2.24) is 9.80 Å². The van der Waals surface area contributed by atoms with Crippen molar-refractivity contribution in [2.24, 2.45) is 0 Å². The number of hydrogen-bond donors (Lipinski definition) is 7. The Morgan fingerprint density at radius 1 is 0.586 bits per heavy atom. The van der Waals surface area contributed by atoms with Crippen molar-refractivity contribution in [2.75, 3.05) is 58.6 Å². The fraction of sp³-hybridized carbons (Fsp3) is 1.00. The van der Waals surface area contributed by atoms with Gasteiger partial charge in [0.05, 0.1) is 19.8 Å². The molecular weight excluding hydrogens is 426 g/mol. The first kappa shape index (κ1) is 31.3. The maximum atomic E-state index is 10.9. The van der Waals surface area contributed by atoms with Gasteiger partial charge in [-0.3, -0.25) is 18.9 Å². The highest BCUT2D eigenvalue weighted by Gasteiger charge is 2.25. The Kier molecular flexibility index (Phi) is 20.3. The highest BCUT2D eigenvalue weighted by atomic mass is 31.2. The molecular formula is C16H40N2O9P2. The number of hydrogen-bond acceptors (Lipinski definition) is 7. The van der Waals surface area contributed by atoms with Gasteiger partial charge in [0.2, 0.25) is 0 Å². The standard InChI is InChI=1S/C10H25NO6P2.C6H15NO3/c1-2-3-4-5-6-7-8-11(9-18(12,13)14)10-19(15,16)17;8-4-1-7(2-5-9)3-6-10/h2-10H2,1H3,(H2,12,13,14)(H2,15,16,17);8-10H,1-6H2. The molecule has 178 valence electrons. The first-order chi connectivity index (χ1) is 13.5. The molecule has 13 heteroatoms. The maximum Gasteiger partial charge on any atom is 0.339 e. The molecule has 0 rings (SSSR count). The van der Waals surface area contributed by atoms with E-state index in [-0.39, 0.29) is 19.8 Å². The number of aliphatic hydroxyl groups is 3. The van der Waals surface area contributed by atoms with E-state index in [1.807, 2.05) is 0 Å². The average molecular weight is 466 g/mol. The average Bonchev–Trinajstić information content (AvgIpc) is 2.56. The molecule has 0 aromatic heterocycles. The predicted octanol–water partition coefficient (Wildman–Crippen LogP) is 0.185. The molecule has 0 aliphatic heterocycles. The quantitative estimate of drug-likeness (QED) is 0.115. The van der Waals surface area contributed by atoms with Crippen LogP contribution in [0.3, 0.4) is 0 Å². The van der Waals surface area contributed by atoms with Crippen LogP contribution in [0.2, 0.25) is 0 Å². The molecule has 0 radical (unpaired) electrons. The second-order valence-electron chi connectivity index (χ2n) is 6.79. The van der Waals surface area contributed by atoms with Crippen LogP contribution in [0.15, 0.2) is 0 Å². The van der Waals surface area contributed by atoms with Gasteiger partial charge in [0.15, 0.2) is 0 Å². The summed E-state index contributed by atoms with van der Waals surface area (Å²) in [4.78, 5) is 38.4. The van der Waals surface area contributed by atoms with Crippen molar-refractivity contribution in [2.45, 2.75) is 45.4 Å². The Bertz CT molecular complexity index is 421. The van der Waals surface area contributed by atoms with E-state index in [2.05, 4.69) is 6.92 Å². The van der Waals surface area contributed by atoms with Gasteiger partial charge >= 0.3 is 15.2 Å². The highest BCUT2D eigenvalue weighted by Crippen LogP contribution is 2.40. The first-order valence-electron chi connectivity index (χ1n) is 9.85. The summed E-state index contributed by atoms with van der Waals surface area (Å²) in [6.07, 6.45) is 4.83. The van der Waals surface area contributed by atoms with E-state index in [1.54, 1.807) is 4.90 Å². The lowest BCUT2D eigenvalue weighted by atomic mass is 10.1. The fourth-order valence-electron chi connectivity index (χ4n) is 2.58. The third-order valence-corrected chi connectivity index (χ3v) is 5.38. The Hall–Kier alpha value is 0.100. The molecule has 11 nitrogen and oxygen atoms in total. The van der Waals surface area contributed by atoms with E-state index < -0.39 is 27.8 Å². The van der Waals surface area contributed by atoms with Crippen LogP contribution in [0.5, 0.6) is 0 Å². The minimum absolute atomic E-state index is 0.0694. The number of rotatable bonds is 17. The normalized spacial score (nSPS) is 12.3. The molecule has 0 aliphatic rings. The Labute approximate surface area is 173 Å². The van der Waals surface area contributed by atoms with Gasteiger partial charge in [-0.25, -0.2) is 0 Å². The van der Waals surface area contributed by atoms with E-state index in [0.717, 1.165) is 37.0 Å². The summed E-state index contributed by atoms with van der Waals surface area (Å²) < 4.78 is 21.8. The third kappa shape index (κ3) is 26.1. The van der Waals surface area contributed by atoms with E-state index >= 15 is 0 Å². The van der Waals surface area contributed by atoms with Gasteiger partial charge in [-0.15, -0.1) is 0 Å². The lowest BCUT2D eigenvalue weighted by Gasteiger charge is -2.22. The molecule has 0 fully saturated rings. The van der Waals surface area contributed by atoms with E-state index in [1.165, 1.54) is 0 Å². The van der Waals surface area contributed by atoms with Crippen LogP contribution in [0, 0.1) is 0 Å². The van der Waals surface area contributed by atoms with Crippen molar-refractivity contribution in [3.63, 3.8) is 0 Å². The SMILES string of the molecule is CCCCCCCCN(CP(=O)(O)O)CP(=O)(O)O.OCCN(CCO)CCO. The Morgan fingerprint density at radius 2 is 0.966 bits per heavy atom. The monoisotopic (exact) mass is 466 g/mol. The fourth-order valence-corrected chi connectivity index (χ4v) is 4.27. The summed E-state index contributed by atoms with van der Waals surface area (Å²) in [5.41, 5.74) is 0. The number of aliphatic hydroxyl groups excluding tert-OH is 3. The third-order valence-electron chi connectivity index (χ3n) is 3.85. The molecule has 0 aliphatic carbocycles. The number of unbranched alkanes of at least 4 members (excludes halogenated alkanes) is 5. The van der Waals surface area contributed by atoms with Gasteiger partial charge in [-0.05, 0) is 13.0 Å². The Morgan fingerprint density at radius 3 is 1.31 bits per heavy atom. The highest BCUT2D eigenvalue weighted by molar-refractivity contribution is 7.52. The second kappa shape index (κ2) is 18.8. The van der Waals surface area contributed by atoms with E-state index in [0.29, 0.717) is 32.6 Å². The zero-order valence-electron chi connectivity index (χ0n) is 17.3. The first-order valence-corrected chi connectivity index (χ1v) is 13.4. The van der Waals surface area contributed by atoms with Gasteiger partial charge in [0, 0.05) is 19.6 Å². The van der Waals surface area contributed by atoms with Crippen molar-refractivity contribution in [1.29, 1.82) is 0 Å². The summed E-state index contributed by atoms with van der Waals surface area (Å²) in [5.74, 6) is 0. The van der Waals surface area contributed by atoms with Crippen LogP contribution in [-0.4, -0.2) is 103 Å². The van der Waals surface area contributed by atoms with Crippen LogP contribution in [0.25, 0.3) is 0 Å². The van der Waals surface area contributed by atoms with Crippen LogP contribution < -0.4 is 0 Å². The maximum absolute atomic E-state index is 10.9. The molecule has 0 atom stereocenters. The second-order valence-corrected chi connectivity index (χ2v) is 10.0. The molecule has 0 saturated carbocycles. The van der Waals surface area contributed by atoms with Gasteiger partial charge in [-0.1, -0.05) is 39.0 Å².